The first-order chi connectivity index (χ1) is 14.8. The lowest BCUT2D eigenvalue weighted by Gasteiger charge is -2.41. The fourth-order valence-corrected chi connectivity index (χ4v) is 4.04. The summed E-state index contributed by atoms with van der Waals surface area (Å²) in [4.78, 5) is 35.7. The van der Waals surface area contributed by atoms with Crippen molar-refractivity contribution in [2.24, 2.45) is 16.3 Å². The number of anilines is 1. The molecule has 0 amide bonds. The summed E-state index contributed by atoms with van der Waals surface area (Å²) in [5.41, 5.74) is 5.54. The number of carboxylic acid groups (broad SMARTS) is 1. The van der Waals surface area contributed by atoms with Crippen LogP contribution in [0.3, 0.4) is 0 Å². The molecule has 1 aliphatic carbocycles. The van der Waals surface area contributed by atoms with Gasteiger partial charge in [0.15, 0.2) is 11.6 Å². The number of oxime groups is 1. The number of fused-ring (bicyclic) bond motifs is 1. The molecular weight excluding hydrogens is 405 g/mol. The van der Waals surface area contributed by atoms with Crippen molar-refractivity contribution in [2.45, 2.75) is 39.2 Å². The number of halogens is 1. The Balaban J connectivity index is 1.80. The zero-order valence-corrected chi connectivity index (χ0v) is 17.6. The molecule has 31 heavy (non-hydrogen) atoms. The molecule has 0 spiro atoms. The predicted molar refractivity (Wildman–Crippen MR) is 114 cm³/mol. The molecule has 9 nitrogen and oxygen atoms in total. The largest absolute Gasteiger partial charge is 0.477 e. The molecule has 0 bridgehead atoms. The minimum absolute atomic E-state index is 0.0229. The highest BCUT2D eigenvalue weighted by Gasteiger charge is 2.38. The molecule has 166 valence electrons. The second kappa shape index (κ2) is 7.92. The second-order valence-corrected chi connectivity index (χ2v) is 8.37. The van der Waals surface area contributed by atoms with Gasteiger partial charge in [0.1, 0.15) is 17.8 Å². The van der Waals surface area contributed by atoms with Gasteiger partial charge >= 0.3 is 5.97 Å². The summed E-state index contributed by atoms with van der Waals surface area (Å²) in [5.74, 6) is -1.87. The van der Waals surface area contributed by atoms with E-state index in [9.17, 15) is 14.7 Å². The van der Waals surface area contributed by atoms with E-state index < -0.39 is 22.6 Å². The first kappa shape index (κ1) is 21.2. The first-order valence-electron chi connectivity index (χ1n) is 10.4. The van der Waals surface area contributed by atoms with Crippen LogP contribution in [0.15, 0.2) is 22.2 Å². The van der Waals surface area contributed by atoms with E-state index in [1.54, 1.807) is 9.47 Å². The van der Waals surface area contributed by atoms with Crippen LogP contribution in [0.5, 0.6) is 0 Å². The molecule has 0 aromatic carbocycles. The van der Waals surface area contributed by atoms with Crippen molar-refractivity contribution in [1.29, 1.82) is 0 Å². The molecule has 2 aliphatic rings. The molecule has 10 heteroatoms. The smallest absolute Gasteiger partial charge is 0.341 e. The number of aromatic nitrogens is 2. The van der Waals surface area contributed by atoms with Crippen LogP contribution in [0.1, 0.15) is 49.5 Å². The molecule has 1 saturated heterocycles. The van der Waals surface area contributed by atoms with Crippen LogP contribution in [0, 0.1) is 11.2 Å². The molecule has 2 aromatic rings. The maximum absolute atomic E-state index is 15.1. The number of carboxylic acids is 1. The maximum atomic E-state index is 15.1. The van der Waals surface area contributed by atoms with Crippen molar-refractivity contribution in [3.63, 3.8) is 0 Å². The van der Waals surface area contributed by atoms with Crippen molar-refractivity contribution in [3.8, 4) is 0 Å². The number of carbonyl (C=O) groups is 1. The zero-order valence-electron chi connectivity index (χ0n) is 17.6. The number of pyridine rings is 2. The summed E-state index contributed by atoms with van der Waals surface area (Å²) in [6, 6.07) is 1.17. The molecule has 0 radical (unpaired) electrons. The van der Waals surface area contributed by atoms with Gasteiger partial charge < -0.3 is 25.1 Å². The van der Waals surface area contributed by atoms with Crippen molar-refractivity contribution >= 4 is 28.5 Å². The monoisotopic (exact) mass is 431 g/mol. The van der Waals surface area contributed by atoms with Crippen molar-refractivity contribution < 1.29 is 19.1 Å². The number of nitrogens with zero attached hydrogens (tertiary/aromatic N) is 4. The summed E-state index contributed by atoms with van der Waals surface area (Å²) >= 11 is 0. The van der Waals surface area contributed by atoms with Crippen LogP contribution in [-0.2, 0) is 4.84 Å². The van der Waals surface area contributed by atoms with Gasteiger partial charge in [-0.05, 0) is 25.8 Å². The molecule has 1 unspecified atom stereocenters. The number of nitrogens with two attached hydrogens (primary N) is 1. The second-order valence-electron chi connectivity index (χ2n) is 8.37. The van der Waals surface area contributed by atoms with Gasteiger partial charge in [-0.3, -0.25) is 4.79 Å². The lowest BCUT2D eigenvalue weighted by Crippen LogP contribution is -2.52. The summed E-state index contributed by atoms with van der Waals surface area (Å²) in [6.07, 6.45) is 3.59. The van der Waals surface area contributed by atoms with E-state index in [4.69, 9.17) is 10.6 Å². The Morgan fingerprint density at radius 1 is 1.48 bits per heavy atom. The van der Waals surface area contributed by atoms with Crippen molar-refractivity contribution in [2.75, 3.05) is 31.1 Å². The maximum Gasteiger partial charge on any atom is 0.341 e. The number of hydrogen-bond acceptors (Lipinski definition) is 7. The minimum atomic E-state index is -1.33. The Bertz CT molecular complexity index is 1130. The quantitative estimate of drug-likeness (QED) is 0.672. The van der Waals surface area contributed by atoms with E-state index in [0.717, 1.165) is 24.6 Å². The molecule has 3 heterocycles. The molecule has 1 aliphatic heterocycles. The molecule has 1 saturated carbocycles. The molecular formula is C21H26FN5O4. The van der Waals surface area contributed by atoms with Gasteiger partial charge in [0.25, 0.3) is 0 Å². The normalized spacial score (nSPS) is 22.8. The van der Waals surface area contributed by atoms with Crippen LogP contribution in [0.25, 0.3) is 11.0 Å². The van der Waals surface area contributed by atoms with Crippen LogP contribution in [-0.4, -0.2) is 52.6 Å². The van der Waals surface area contributed by atoms with Gasteiger partial charge in [-0.1, -0.05) is 12.1 Å². The summed E-state index contributed by atoms with van der Waals surface area (Å²) in [7, 11) is 0. The van der Waals surface area contributed by atoms with E-state index in [2.05, 4.69) is 10.1 Å². The third-order valence-electron chi connectivity index (χ3n) is 6.02. The van der Waals surface area contributed by atoms with Gasteiger partial charge in [0.2, 0.25) is 5.43 Å². The summed E-state index contributed by atoms with van der Waals surface area (Å²) < 4.78 is 16.8. The Morgan fingerprint density at radius 3 is 2.84 bits per heavy atom. The number of rotatable bonds is 6. The number of aromatic carboxylic acids is 1. The van der Waals surface area contributed by atoms with Crippen LogP contribution >= 0.6 is 0 Å². The highest BCUT2D eigenvalue weighted by atomic mass is 19.1. The van der Waals surface area contributed by atoms with E-state index in [0.29, 0.717) is 38.3 Å². The fourth-order valence-electron chi connectivity index (χ4n) is 4.04. The van der Waals surface area contributed by atoms with Gasteiger partial charge in [-0.25, -0.2) is 14.2 Å². The molecule has 3 N–H and O–H groups in total. The fraction of sp³-hybridized carbons (Fsp3) is 0.524. The number of piperidine rings is 1. The van der Waals surface area contributed by atoms with E-state index in [1.165, 1.54) is 6.20 Å². The first-order valence-corrected chi connectivity index (χ1v) is 10.4. The standard InChI is InChI=1S/C21H26FN5O4/c1-3-31-25-16-6-7-26(11-21(16,2)10-23)19-15(22)8-13-17(28)14(20(29)30)9-27(12-4-5-12)18(13)24-19/h8-9,12H,3-7,10-11,23H2,1-2H3,(H,29,30)/b25-16-. The van der Waals surface area contributed by atoms with Gasteiger partial charge in [-0.2, -0.15) is 0 Å². The van der Waals surface area contributed by atoms with Crippen molar-refractivity contribution in [3.05, 3.63) is 33.9 Å². The zero-order chi connectivity index (χ0) is 22.3. The predicted octanol–water partition coefficient (Wildman–Crippen LogP) is 2.14. The van der Waals surface area contributed by atoms with Crippen molar-refractivity contribution in [1.82, 2.24) is 9.55 Å². The van der Waals surface area contributed by atoms with E-state index in [1.807, 2.05) is 13.8 Å². The molecule has 1 atom stereocenters. The lowest BCUT2D eigenvalue weighted by atomic mass is 9.80. The molecule has 4 rings (SSSR count). The van der Waals surface area contributed by atoms with Crippen LogP contribution in [0.4, 0.5) is 10.2 Å². The van der Waals surface area contributed by atoms with Crippen LogP contribution < -0.4 is 16.1 Å². The Morgan fingerprint density at radius 2 is 2.23 bits per heavy atom. The Kier molecular flexibility index (Phi) is 5.42. The lowest BCUT2D eigenvalue weighted by molar-refractivity contribution is 0.0695. The average Bonchev–Trinajstić information content (AvgIpc) is 3.58. The highest BCUT2D eigenvalue weighted by Crippen LogP contribution is 2.38. The molecule has 2 aromatic heterocycles. The van der Waals surface area contributed by atoms with E-state index in [-0.39, 0.29) is 22.8 Å². The minimum Gasteiger partial charge on any atom is -0.477 e. The van der Waals surface area contributed by atoms with Gasteiger partial charge in [-0.15, -0.1) is 0 Å². The highest BCUT2D eigenvalue weighted by molar-refractivity contribution is 5.93. The SMILES string of the molecule is CCO/N=C1/CCN(c2nc3c(cc2F)c(=O)c(C(=O)O)cn3C2CC2)CC1(C)CN. The summed E-state index contributed by atoms with van der Waals surface area (Å²) in [5, 5.41) is 13.6. The molecule has 2 fully saturated rings. The Hall–Kier alpha value is -3.01. The van der Waals surface area contributed by atoms with E-state index >= 15 is 4.39 Å². The topological polar surface area (TPSA) is 123 Å². The Labute approximate surface area is 178 Å². The third kappa shape index (κ3) is 3.76. The third-order valence-corrected chi connectivity index (χ3v) is 6.02. The van der Waals surface area contributed by atoms with Gasteiger partial charge in [0, 0.05) is 43.7 Å². The van der Waals surface area contributed by atoms with Gasteiger partial charge in [0.05, 0.1) is 11.1 Å². The average molecular weight is 431 g/mol. The summed E-state index contributed by atoms with van der Waals surface area (Å²) in [6.45, 7) is 5.42. The van der Waals surface area contributed by atoms with Crippen LogP contribution in [0.2, 0.25) is 0 Å². The number of hydrogen-bond donors (Lipinski definition) is 2.